The van der Waals surface area contributed by atoms with E-state index in [2.05, 4.69) is 9.98 Å². The van der Waals surface area contributed by atoms with Gasteiger partial charge in [0, 0.05) is 19.4 Å². The molecule has 3 nitrogen and oxygen atoms in total. The van der Waals surface area contributed by atoms with E-state index in [9.17, 15) is 4.39 Å². The number of ether oxygens (including phenoxy) is 1. The van der Waals surface area contributed by atoms with Gasteiger partial charge in [0.15, 0.2) is 0 Å². The van der Waals surface area contributed by atoms with Gasteiger partial charge in [-0.25, -0.2) is 9.98 Å². The second-order valence-corrected chi connectivity index (χ2v) is 2.38. The molecule has 0 aromatic heterocycles. The molecular weight excluding hydrogens is 147 g/mol. The van der Waals surface area contributed by atoms with E-state index in [-0.39, 0.29) is 0 Å². The first-order chi connectivity index (χ1) is 5.16. The van der Waals surface area contributed by atoms with Crippen molar-refractivity contribution in [2.24, 2.45) is 9.98 Å². The summed E-state index contributed by atoms with van der Waals surface area (Å²) in [6.45, 7) is 1.70. The number of aliphatic imine (C=N–C) groups is 2. The minimum atomic E-state index is -0.777. The maximum atomic E-state index is 12.6. The molecule has 0 N–H and O–H groups in total. The lowest BCUT2D eigenvalue weighted by Gasteiger charge is -2.16. The fraction of sp³-hybridized carbons (Fsp3) is 0.429. The molecule has 0 saturated carbocycles. The van der Waals surface area contributed by atoms with Gasteiger partial charge in [0.2, 0.25) is 5.95 Å². The monoisotopic (exact) mass is 156 g/mol. The van der Waals surface area contributed by atoms with Crippen LogP contribution < -0.4 is 0 Å². The molecule has 1 heterocycles. The van der Waals surface area contributed by atoms with E-state index in [4.69, 9.17) is 4.74 Å². The molecule has 4 heteroatoms. The molecular formula is C7H9FN2O. The Labute approximate surface area is 64.3 Å². The molecule has 0 amide bonds. The van der Waals surface area contributed by atoms with Gasteiger partial charge in [-0.05, 0) is 6.92 Å². The summed E-state index contributed by atoms with van der Waals surface area (Å²) in [4.78, 5) is 7.07. The zero-order valence-electron chi connectivity index (χ0n) is 6.41. The van der Waals surface area contributed by atoms with Crippen LogP contribution in [0, 0.1) is 0 Å². The summed E-state index contributed by atoms with van der Waals surface area (Å²) in [5.41, 5.74) is -0.777. The Hall–Kier alpha value is -1.03. The lowest BCUT2D eigenvalue weighted by molar-refractivity contribution is 0.110. The molecule has 0 aliphatic carbocycles. The summed E-state index contributed by atoms with van der Waals surface area (Å²) in [5.74, 6) is -0.577. The molecule has 1 aliphatic rings. The Balaban J connectivity index is 2.92. The second-order valence-electron chi connectivity index (χ2n) is 2.38. The van der Waals surface area contributed by atoms with Crippen molar-refractivity contribution in [2.45, 2.75) is 12.5 Å². The van der Waals surface area contributed by atoms with Crippen molar-refractivity contribution >= 4 is 12.6 Å². The third-order valence-electron chi connectivity index (χ3n) is 1.42. The minimum absolute atomic E-state index is 0.577. The van der Waals surface area contributed by atoms with Crippen LogP contribution in [0.4, 0.5) is 4.39 Å². The third kappa shape index (κ3) is 1.94. The predicted octanol–water partition coefficient (Wildman–Crippen LogP) is 1.32. The summed E-state index contributed by atoms with van der Waals surface area (Å²) in [6.07, 6.45) is 3.90. The van der Waals surface area contributed by atoms with Crippen molar-refractivity contribution in [3.05, 3.63) is 12.0 Å². The quantitative estimate of drug-likeness (QED) is 0.527. The molecule has 0 fully saturated rings. The van der Waals surface area contributed by atoms with Gasteiger partial charge in [-0.2, -0.15) is 4.39 Å². The summed E-state index contributed by atoms with van der Waals surface area (Å²) in [6, 6.07) is 0. The largest absolute Gasteiger partial charge is 0.369 e. The fourth-order valence-electron chi connectivity index (χ4n) is 0.692. The second kappa shape index (κ2) is 2.92. The van der Waals surface area contributed by atoms with E-state index in [1.54, 1.807) is 6.92 Å². The molecule has 0 aromatic carbocycles. The zero-order chi connectivity index (χ0) is 8.32. The van der Waals surface area contributed by atoms with Gasteiger partial charge in [0.25, 0.3) is 0 Å². The maximum Gasteiger partial charge on any atom is 0.213 e. The van der Waals surface area contributed by atoms with Gasteiger partial charge in [0.05, 0.1) is 0 Å². The zero-order valence-corrected chi connectivity index (χ0v) is 6.41. The third-order valence-corrected chi connectivity index (χ3v) is 1.42. The van der Waals surface area contributed by atoms with E-state index in [0.29, 0.717) is 0 Å². The number of nitrogens with zero attached hydrogens (tertiary/aromatic N) is 2. The van der Waals surface area contributed by atoms with Crippen molar-refractivity contribution < 1.29 is 9.13 Å². The van der Waals surface area contributed by atoms with Crippen molar-refractivity contribution in [1.29, 1.82) is 0 Å². The standard InChI is InChI=1S/C7H9FN2O/c1-7(11-2)3-6(8)10-5-9-4-7/h3-5H,1-2H3. The SMILES string of the molecule is COC1(C)C=NC=NC(F)=C1. The number of hydrogen-bond donors (Lipinski definition) is 0. The van der Waals surface area contributed by atoms with E-state index in [1.165, 1.54) is 19.4 Å². The summed E-state index contributed by atoms with van der Waals surface area (Å²) >= 11 is 0. The number of methoxy groups -OCH3 is 1. The first-order valence-corrected chi connectivity index (χ1v) is 3.17. The van der Waals surface area contributed by atoms with E-state index in [1.807, 2.05) is 0 Å². The molecule has 11 heavy (non-hydrogen) atoms. The van der Waals surface area contributed by atoms with Gasteiger partial charge >= 0.3 is 0 Å². The molecule has 0 aromatic rings. The average Bonchev–Trinajstić information content (AvgIpc) is 2.13. The van der Waals surface area contributed by atoms with Gasteiger partial charge < -0.3 is 4.74 Å². The Morgan fingerprint density at radius 2 is 2.36 bits per heavy atom. The summed E-state index contributed by atoms with van der Waals surface area (Å²) < 4.78 is 17.6. The number of hydrogen-bond acceptors (Lipinski definition) is 3. The van der Waals surface area contributed by atoms with Crippen LogP contribution in [0.1, 0.15) is 6.92 Å². The van der Waals surface area contributed by atoms with Crippen molar-refractivity contribution in [3.63, 3.8) is 0 Å². The van der Waals surface area contributed by atoms with E-state index in [0.717, 1.165) is 6.34 Å². The summed E-state index contributed by atoms with van der Waals surface area (Å²) in [5, 5.41) is 0. The van der Waals surface area contributed by atoms with Crippen molar-refractivity contribution in [3.8, 4) is 0 Å². The summed E-state index contributed by atoms with van der Waals surface area (Å²) in [7, 11) is 1.49. The van der Waals surface area contributed by atoms with Crippen LogP contribution in [0.15, 0.2) is 22.0 Å². The lowest BCUT2D eigenvalue weighted by atomic mass is 10.1. The normalized spacial score (nSPS) is 29.9. The van der Waals surface area contributed by atoms with Crippen LogP contribution in [0.3, 0.4) is 0 Å². The van der Waals surface area contributed by atoms with Crippen LogP contribution in [0.2, 0.25) is 0 Å². The van der Waals surface area contributed by atoms with E-state index < -0.39 is 11.6 Å². The van der Waals surface area contributed by atoms with Crippen molar-refractivity contribution in [2.75, 3.05) is 7.11 Å². The molecule has 0 radical (unpaired) electrons. The Morgan fingerprint density at radius 1 is 1.64 bits per heavy atom. The van der Waals surface area contributed by atoms with Crippen LogP contribution >= 0.6 is 0 Å². The van der Waals surface area contributed by atoms with Gasteiger partial charge in [-0.15, -0.1) is 0 Å². The van der Waals surface area contributed by atoms with Gasteiger partial charge in [0.1, 0.15) is 11.9 Å². The first kappa shape index (κ1) is 8.07. The molecule has 0 bridgehead atoms. The van der Waals surface area contributed by atoms with Gasteiger partial charge in [-0.3, -0.25) is 0 Å². The van der Waals surface area contributed by atoms with Crippen LogP contribution in [0.5, 0.6) is 0 Å². The topological polar surface area (TPSA) is 34.0 Å². The lowest BCUT2D eigenvalue weighted by Crippen LogP contribution is -2.26. The first-order valence-electron chi connectivity index (χ1n) is 3.17. The van der Waals surface area contributed by atoms with Crippen LogP contribution in [-0.4, -0.2) is 25.3 Å². The van der Waals surface area contributed by atoms with Crippen molar-refractivity contribution in [1.82, 2.24) is 0 Å². The van der Waals surface area contributed by atoms with Gasteiger partial charge in [-0.1, -0.05) is 0 Å². The highest BCUT2D eigenvalue weighted by Gasteiger charge is 2.19. The molecule has 1 atom stereocenters. The Kier molecular flexibility index (Phi) is 2.14. The smallest absolute Gasteiger partial charge is 0.213 e. The number of halogens is 1. The average molecular weight is 156 g/mol. The van der Waals surface area contributed by atoms with Crippen LogP contribution in [-0.2, 0) is 4.74 Å². The molecule has 1 rings (SSSR count). The number of rotatable bonds is 1. The fourth-order valence-corrected chi connectivity index (χ4v) is 0.692. The highest BCUT2D eigenvalue weighted by molar-refractivity contribution is 5.81. The Bertz CT molecular complexity index is 235. The molecule has 1 unspecified atom stereocenters. The van der Waals surface area contributed by atoms with E-state index >= 15 is 0 Å². The van der Waals surface area contributed by atoms with Crippen LogP contribution in [0.25, 0.3) is 0 Å². The molecule has 0 saturated heterocycles. The molecule has 1 aliphatic heterocycles. The minimum Gasteiger partial charge on any atom is -0.369 e. The Morgan fingerprint density at radius 3 is 3.00 bits per heavy atom. The predicted molar refractivity (Wildman–Crippen MR) is 41.6 cm³/mol. The highest BCUT2D eigenvalue weighted by atomic mass is 19.1. The highest BCUT2D eigenvalue weighted by Crippen LogP contribution is 2.14. The maximum absolute atomic E-state index is 12.6. The molecule has 60 valence electrons. The molecule has 0 spiro atoms.